The molecule has 1 fully saturated rings. The first-order chi connectivity index (χ1) is 10.3. The molecule has 21 heavy (non-hydrogen) atoms. The molecule has 0 saturated heterocycles. The Labute approximate surface area is 127 Å². The Morgan fingerprint density at radius 3 is 2.67 bits per heavy atom. The fourth-order valence-electron chi connectivity index (χ4n) is 3.27. The van der Waals surface area contributed by atoms with Gasteiger partial charge in [-0.05, 0) is 43.5 Å². The second kappa shape index (κ2) is 6.90. The molecule has 0 aliphatic heterocycles. The normalized spacial score (nSPS) is 17.2. The van der Waals surface area contributed by atoms with E-state index in [0.717, 1.165) is 18.2 Å². The van der Waals surface area contributed by atoms with Gasteiger partial charge >= 0.3 is 0 Å². The van der Waals surface area contributed by atoms with Gasteiger partial charge in [0.1, 0.15) is 0 Å². The van der Waals surface area contributed by atoms with E-state index in [9.17, 15) is 0 Å². The summed E-state index contributed by atoms with van der Waals surface area (Å²) in [6.07, 6.45) is 12.7. The number of imidazole rings is 1. The first-order valence-electron chi connectivity index (χ1n) is 8.14. The van der Waals surface area contributed by atoms with Crippen molar-refractivity contribution in [2.24, 2.45) is 5.92 Å². The fourth-order valence-corrected chi connectivity index (χ4v) is 3.27. The van der Waals surface area contributed by atoms with Crippen molar-refractivity contribution in [3.63, 3.8) is 0 Å². The van der Waals surface area contributed by atoms with Crippen LogP contribution < -0.4 is 5.32 Å². The van der Waals surface area contributed by atoms with Gasteiger partial charge in [0.2, 0.25) is 0 Å². The van der Waals surface area contributed by atoms with Gasteiger partial charge in [-0.3, -0.25) is 0 Å². The van der Waals surface area contributed by atoms with Gasteiger partial charge in [0.15, 0.2) is 0 Å². The first kappa shape index (κ1) is 14.3. The molecule has 1 aromatic carbocycles. The summed E-state index contributed by atoms with van der Waals surface area (Å²) in [5.41, 5.74) is 2.51. The van der Waals surface area contributed by atoms with Gasteiger partial charge in [-0.1, -0.05) is 37.8 Å². The van der Waals surface area contributed by atoms with Gasteiger partial charge in [0.25, 0.3) is 0 Å². The van der Waals surface area contributed by atoms with Crippen LogP contribution in [0.25, 0.3) is 5.69 Å². The van der Waals surface area contributed by atoms with Crippen LogP contribution in [0, 0.1) is 5.92 Å². The van der Waals surface area contributed by atoms with Crippen molar-refractivity contribution >= 4 is 0 Å². The van der Waals surface area contributed by atoms with Crippen LogP contribution in [-0.2, 0) is 0 Å². The predicted molar refractivity (Wildman–Crippen MR) is 86.6 cm³/mol. The zero-order valence-corrected chi connectivity index (χ0v) is 12.8. The van der Waals surface area contributed by atoms with Crippen molar-refractivity contribution in [2.75, 3.05) is 6.54 Å². The van der Waals surface area contributed by atoms with Crippen LogP contribution in [0.5, 0.6) is 0 Å². The quantitative estimate of drug-likeness (QED) is 0.865. The minimum absolute atomic E-state index is 0.420. The minimum Gasteiger partial charge on any atom is -0.310 e. The molecule has 1 atom stereocenters. The van der Waals surface area contributed by atoms with Crippen LogP contribution in [0.4, 0.5) is 0 Å². The van der Waals surface area contributed by atoms with Crippen LogP contribution in [0.1, 0.15) is 50.6 Å². The van der Waals surface area contributed by atoms with Crippen LogP contribution in [0.2, 0.25) is 0 Å². The molecule has 1 unspecified atom stereocenters. The van der Waals surface area contributed by atoms with Crippen molar-refractivity contribution in [2.45, 2.75) is 45.1 Å². The van der Waals surface area contributed by atoms with Gasteiger partial charge < -0.3 is 9.88 Å². The summed E-state index contributed by atoms with van der Waals surface area (Å²) in [6, 6.07) is 9.16. The molecular formula is C18H25N3. The van der Waals surface area contributed by atoms with E-state index in [2.05, 4.69) is 41.5 Å². The summed E-state index contributed by atoms with van der Waals surface area (Å²) in [6.45, 7) is 3.38. The van der Waals surface area contributed by atoms with Crippen LogP contribution in [-0.4, -0.2) is 16.1 Å². The highest BCUT2D eigenvalue weighted by Crippen LogP contribution is 2.27. The number of benzene rings is 1. The molecule has 1 heterocycles. The number of nitrogens with one attached hydrogen (secondary N) is 1. The van der Waals surface area contributed by atoms with E-state index >= 15 is 0 Å². The zero-order valence-electron chi connectivity index (χ0n) is 12.8. The number of nitrogens with zero attached hydrogens (tertiary/aromatic N) is 2. The lowest BCUT2D eigenvalue weighted by Crippen LogP contribution is -2.21. The Bertz CT molecular complexity index is 524. The fraction of sp³-hybridized carbons (Fsp3) is 0.500. The van der Waals surface area contributed by atoms with E-state index in [0.29, 0.717) is 6.04 Å². The highest BCUT2D eigenvalue weighted by atomic mass is 15.0. The van der Waals surface area contributed by atoms with E-state index in [1.807, 2.05) is 17.1 Å². The number of hydrogen-bond donors (Lipinski definition) is 1. The molecule has 112 valence electrons. The van der Waals surface area contributed by atoms with E-state index in [1.165, 1.54) is 37.7 Å². The third-order valence-corrected chi connectivity index (χ3v) is 4.67. The number of hydrogen-bond acceptors (Lipinski definition) is 2. The molecule has 1 aliphatic rings. The molecule has 1 aliphatic carbocycles. The molecule has 2 aromatic rings. The van der Waals surface area contributed by atoms with Crippen molar-refractivity contribution in [3.8, 4) is 5.69 Å². The van der Waals surface area contributed by atoms with Crippen molar-refractivity contribution in [1.29, 1.82) is 0 Å². The predicted octanol–water partition coefficient (Wildman–Crippen LogP) is 4.10. The minimum atomic E-state index is 0.420. The van der Waals surface area contributed by atoms with Gasteiger partial charge in [-0.2, -0.15) is 0 Å². The highest BCUT2D eigenvalue weighted by Gasteiger charge is 2.14. The third-order valence-electron chi connectivity index (χ3n) is 4.67. The molecule has 0 amide bonds. The smallest absolute Gasteiger partial charge is 0.0991 e. The number of rotatable bonds is 6. The molecule has 0 radical (unpaired) electrons. The average Bonchev–Trinajstić information content (AvgIpc) is 3.21. The maximum atomic E-state index is 4.08. The molecule has 1 N–H and O–H groups in total. The second-order valence-corrected chi connectivity index (χ2v) is 6.18. The maximum absolute atomic E-state index is 4.08. The zero-order chi connectivity index (χ0) is 14.5. The Balaban J connectivity index is 1.51. The van der Waals surface area contributed by atoms with Crippen LogP contribution in [0.3, 0.4) is 0 Å². The van der Waals surface area contributed by atoms with Gasteiger partial charge in [-0.15, -0.1) is 0 Å². The topological polar surface area (TPSA) is 29.9 Å². The summed E-state index contributed by atoms with van der Waals surface area (Å²) in [7, 11) is 0. The van der Waals surface area contributed by atoms with E-state index in [4.69, 9.17) is 0 Å². The van der Waals surface area contributed by atoms with Crippen molar-refractivity contribution in [3.05, 3.63) is 48.5 Å². The monoisotopic (exact) mass is 283 g/mol. The maximum Gasteiger partial charge on any atom is 0.0991 e. The molecule has 0 spiro atoms. The third kappa shape index (κ3) is 3.73. The van der Waals surface area contributed by atoms with E-state index < -0.39 is 0 Å². The summed E-state index contributed by atoms with van der Waals surface area (Å²) in [5, 5.41) is 3.66. The standard InChI is InChI=1S/C18H25N3/c1-15(20-11-10-16-4-2-3-5-16)17-6-8-18(9-7-17)21-13-12-19-14-21/h6-9,12-16,20H,2-5,10-11H2,1H3. The molecule has 1 aromatic heterocycles. The number of aromatic nitrogens is 2. The Morgan fingerprint density at radius 2 is 2.00 bits per heavy atom. The molecule has 3 heteroatoms. The lowest BCUT2D eigenvalue weighted by molar-refractivity contribution is 0.455. The van der Waals surface area contributed by atoms with E-state index in [-0.39, 0.29) is 0 Å². The SMILES string of the molecule is CC(NCCC1CCCC1)c1ccc(-n2ccnc2)cc1. The molecular weight excluding hydrogens is 258 g/mol. The van der Waals surface area contributed by atoms with Crippen molar-refractivity contribution < 1.29 is 0 Å². The highest BCUT2D eigenvalue weighted by molar-refractivity contribution is 5.35. The average molecular weight is 283 g/mol. The largest absolute Gasteiger partial charge is 0.310 e. The Hall–Kier alpha value is -1.61. The summed E-state index contributed by atoms with van der Waals surface area (Å²) < 4.78 is 2.03. The summed E-state index contributed by atoms with van der Waals surface area (Å²) in [4.78, 5) is 4.08. The summed E-state index contributed by atoms with van der Waals surface area (Å²) >= 11 is 0. The lowest BCUT2D eigenvalue weighted by Gasteiger charge is -2.16. The Kier molecular flexibility index (Phi) is 4.71. The van der Waals surface area contributed by atoms with Crippen molar-refractivity contribution in [1.82, 2.24) is 14.9 Å². The molecule has 1 saturated carbocycles. The Morgan fingerprint density at radius 1 is 1.24 bits per heavy atom. The molecule has 3 nitrogen and oxygen atoms in total. The first-order valence-corrected chi connectivity index (χ1v) is 8.14. The lowest BCUT2D eigenvalue weighted by atomic mass is 10.0. The summed E-state index contributed by atoms with van der Waals surface area (Å²) in [5.74, 6) is 0.966. The van der Waals surface area contributed by atoms with E-state index in [1.54, 1.807) is 6.20 Å². The van der Waals surface area contributed by atoms with Gasteiger partial charge in [-0.25, -0.2) is 4.98 Å². The van der Waals surface area contributed by atoms with Crippen LogP contribution >= 0.6 is 0 Å². The van der Waals surface area contributed by atoms with Crippen LogP contribution in [0.15, 0.2) is 43.0 Å². The molecule has 0 bridgehead atoms. The second-order valence-electron chi connectivity index (χ2n) is 6.18. The molecule has 3 rings (SSSR count). The van der Waals surface area contributed by atoms with Gasteiger partial charge in [0.05, 0.1) is 6.33 Å². The van der Waals surface area contributed by atoms with Gasteiger partial charge in [0, 0.05) is 24.1 Å².